The van der Waals surface area contributed by atoms with E-state index in [1.807, 2.05) is 6.92 Å². The first-order valence-electron chi connectivity index (χ1n) is 5.59. The molecule has 1 heterocycles. The number of nitrogens with zero attached hydrogens (tertiary/aromatic N) is 2. The highest BCUT2D eigenvalue weighted by Crippen LogP contribution is 1.97. The van der Waals surface area contributed by atoms with Crippen LogP contribution in [0, 0.1) is 0 Å². The summed E-state index contributed by atoms with van der Waals surface area (Å²) in [5.41, 5.74) is 2.49. The highest BCUT2D eigenvalue weighted by molar-refractivity contribution is 5.79. The number of aliphatic imine (C=N–C) groups is 1. The van der Waals surface area contributed by atoms with Crippen LogP contribution < -0.4 is 16.6 Å². The van der Waals surface area contributed by atoms with Gasteiger partial charge < -0.3 is 14.6 Å². The van der Waals surface area contributed by atoms with E-state index >= 15 is 0 Å². The molecule has 0 aliphatic carbocycles. The first kappa shape index (κ1) is 13.5. The molecule has 0 aromatic carbocycles. The van der Waals surface area contributed by atoms with Gasteiger partial charge in [0, 0.05) is 25.8 Å². The van der Waals surface area contributed by atoms with Crippen molar-refractivity contribution in [2.75, 3.05) is 19.8 Å². The lowest BCUT2D eigenvalue weighted by Gasteiger charge is -2.08. The molecular weight excluding hydrogens is 222 g/mol. The van der Waals surface area contributed by atoms with Crippen molar-refractivity contribution in [3.63, 3.8) is 0 Å². The van der Waals surface area contributed by atoms with E-state index in [-0.39, 0.29) is 0 Å². The maximum absolute atomic E-state index is 5.33. The molecule has 0 spiro atoms. The topological polar surface area (TPSA) is 97.7 Å². The van der Waals surface area contributed by atoms with Crippen LogP contribution in [0.5, 0.6) is 0 Å². The van der Waals surface area contributed by atoms with Gasteiger partial charge in [-0.25, -0.2) is 10.8 Å². The van der Waals surface area contributed by atoms with Gasteiger partial charge in [0.05, 0.1) is 6.20 Å². The number of hydrogen-bond donors (Lipinski definition) is 3. The minimum Gasteiger partial charge on any atom is -0.382 e. The normalized spacial score (nSPS) is 11.5. The van der Waals surface area contributed by atoms with Gasteiger partial charge in [0.15, 0.2) is 5.76 Å². The number of ether oxygens (including phenoxy) is 1. The van der Waals surface area contributed by atoms with E-state index in [1.165, 1.54) is 0 Å². The van der Waals surface area contributed by atoms with E-state index in [2.05, 4.69) is 20.9 Å². The van der Waals surface area contributed by atoms with Crippen molar-refractivity contribution >= 4 is 5.96 Å². The Hall–Kier alpha value is -1.60. The standard InChI is InChI=1S/C10H19N5O2/c1-2-16-7-3-5-12-10(15-11)13-8-9-4-6-14-17-9/h4,6H,2-3,5,7-8,11H2,1H3,(H2,12,13,15). The molecule has 7 heteroatoms. The zero-order chi connectivity index (χ0) is 12.3. The van der Waals surface area contributed by atoms with Crippen molar-refractivity contribution in [2.24, 2.45) is 10.8 Å². The molecule has 0 saturated heterocycles. The van der Waals surface area contributed by atoms with E-state index in [0.717, 1.165) is 26.2 Å². The summed E-state index contributed by atoms with van der Waals surface area (Å²) in [6, 6.07) is 1.76. The summed E-state index contributed by atoms with van der Waals surface area (Å²) in [5, 5.41) is 6.65. The van der Waals surface area contributed by atoms with E-state index in [4.69, 9.17) is 15.1 Å². The highest BCUT2D eigenvalue weighted by Gasteiger charge is 1.98. The van der Waals surface area contributed by atoms with Crippen LogP contribution in [0.2, 0.25) is 0 Å². The molecule has 0 aliphatic heterocycles. The molecule has 0 atom stereocenters. The number of aromatic nitrogens is 1. The molecule has 0 amide bonds. The highest BCUT2D eigenvalue weighted by atomic mass is 16.5. The summed E-state index contributed by atoms with van der Waals surface area (Å²) in [6.07, 6.45) is 2.48. The van der Waals surface area contributed by atoms with Crippen LogP contribution >= 0.6 is 0 Å². The van der Waals surface area contributed by atoms with Gasteiger partial charge in [0.2, 0.25) is 5.96 Å². The van der Waals surface area contributed by atoms with Gasteiger partial charge in [-0.2, -0.15) is 0 Å². The second kappa shape index (κ2) is 8.54. The van der Waals surface area contributed by atoms with Crippen molar-refractivity contribution in [3.05, 3.63) is 18.0 Å². The van der Waals surface area contributed by atoms with Crippen LogP contribution in [0.15, 0.2) is 21.8 Å². The zero-order valence-corrected chi connectivity index (χ0v) is 9.98. The Morgan fingerprint density at radius 2 is 2.53 bits per heavy atom. The van der Waals surface area contributed by atoms with Crippen LogP contribution in [0.4, 0.5) is 0 Å². The second-order valence-corrected chi connectivity index (χ2v) is 3.27. The maximum Gasteiger partial charge on any atom is 0.206 e. The average Bonchev–Trinajstić information content (AvgIpc) is 2.86. The summed E-state index contributed by atoms with van der Waals surface area (Å²) < 4.78 is 10.1. The Morgan fingerprint density at radius 1 is 1.65 bits per heavy atom. The first-order chi connectivity index (χ1) is 8.36. The number of guanidine groups is 1. The molecule has 0 radical (unpaired) electrons. The molecule has 0 bridgehead atoms. The van der Waals surface area contributed by atoms with Crippen molar-refractivity contribution in [2.45, 2.75) is 19.9 Å². The third-order valence-corrected chi connectivity index (χ3v) is 1.98. The van der Waals surface area contributed by atoms with Gasteiger partial charge in [0.1, 0.15) is 6.54 Å². The fraction of sp³-hybridized carbons (Fsp3) is 0.600. The van der Waals surface area contributed by atoms with Crippen LogP contribution in [-0.2, 0) is 11.3 Å². The van der Waals surface area contributed by atoms with Gasteiger partial charge in [-0.1, -0.05) is 5.16 Å². The maximum atomic E-state index is 5.33. The summed E-state index contributed by atoms with van der Waals surface area (Å²) in [5.74, 6) is 6.55. The average molecular weight is 241 g/mol. The summed E-state index contributed by atoms with van der Waals surface area (Å²) in [6.45, 7) is 4.58. The minimum atomic E-state index is 0.401. The number of rotatable bonds is 7. The molecule has 1 rings (SSSR count). The lowest BCUT2D eigenvalue weighted by molar-refractivity contribution is 0.145. The predicted molar refractivity (Wildman–Crippen MR) is 64.1 cm³/mol. The molecule has 0 aliphatic rings. The molecule has 7 nitrogen and oxygen atoms in total. The molecule has 17 heavy (non-hydrogen) atoms. The number of nitrogens with two attached hydrogens (primary N) is 1. The Kier molecular flexibility index (Phi) is 6.76. The van der Waals surface area contributed by atoms with E-state index in [9.17, 15) is 0 Å². The Labute approximate surface area is 100 Å². The molecule has 1 aromatic rings. The van der Waals surface area contributed by atoms with Crippen LogP contribution in [0.3, 0.4) is 0 Å². The van der Waals surface area contributed by atoms with Crippen LogP contribution in [0.1, 0.15) is 19.1 Å². The molecule has 1 aromatic heterocycles. The fourth-order valence-electron chi connectivity index (χ4n) is 1.16. The van der Waals surface area contributed by atoms with Gasteiger partial charge in [-0.15, -0.1) is 0 Å². The third-order valence-electron chi connectivity index (χ3n) is 1.98. The summed E-state index contributed by atoms with van der Waals surface area (Å²) >= 11 is 0. The Balaban J connectivity index is 2.20. The molecular formula is C10H19N5O2. The van der Waals surface area contributed by atoms with Crippen molar-refractivity contribution in [1.29, 1.82) is 0 Å². The third kappa shape index (κ3) is 5.88. The van der Waals surface area contributed by atoms with Gasteiger partial charge >= 0.3 is 0 Å². The Morgan fingerprint density at radius 3 is 3.18 bits per heavy atom. The largest absolute Gasteiger partial charge is 0.382 e. The summed E-state index contributed by atoms with van der Waals surface area (Å²) in [7, 11) is 0. The zero-order valence-electron chi connectivity index (χ0n) is 9.98. The molecule has 0 fully saturated rings. The van der Waals surface area contributed by atoms with Crippen LogP contribution in [0.25, 0.3) is 0 Å². The van der Waals surface area contributed by atoms with E-state index < -0.39 is 0 Å². The molecule has 0 unspecified atom stereocenters. The lowest BCUT2D eigenvalue weighted by atomic mass is 10.4. The quantitative estimate of drug-likeness (QED) is 0.204. The predicted octanol–water partition coefficient (Wildman–Crippen LogP) is 0.0101. The van der Waals surface area contributed by atoms with Crippen LogP contribution in [-0.4, -0.2) is 30.9 Å². The molecule has 0 saturated carbocycles. The first-order valence-corrected chi connectivity index (χ1v) is 5.59. The molecule has 96 valence electrons. The monoisotopic (exact) mass is 241 g/mol. The lowest BCUT2D eigenvalue weighted by Crippen LogP contribution is -2.42. The Bertz CT molecular complexity index is 313. The number of hydrazine groups is 1. The van der Waals surface area contributed by atoms with Crippen molar-refractivity contribution in [3.8, 4) is 0 Å². The number of hydrogen-bond acceptors (Lipinski definition) is 5. The fourth-order valence-corrected chi connectivity index (χ4v) is 1.16. The summed E-state index contributed by atoms with van der Waals surface area (Å²) in [4.78, 5) is 4.20. The molecule has 4 N–H and O–H groups in total. The number of nitrogens with one attached hydrogen (secondary N) is 2. The van der Waals surface area contributed by atoms with Crippen molar-refractivity contribution in [1.82, 2.24) is 15.9 Å². The smallest absolute Gasteiger partial charge is 0.206 e. The van der Waals surface area contributed by atoms with Gasteiger partial charge in [-0.05, 0) is 13.3 Å². The SMILES string of the molecule is CCOCCCNC(=NCc1ccno1)NN. The minimum absolute atomic E-state index is 0.401. The van der Waals surface area contributed by atoms with E-state index in [0.29, 0.717) is 18.3 Å². The van der Waals surface area contributed by atoms with Gasteiger partial charge in [0.25, 0.3) is 0 Å². The second-order valence-electron chi connectivity index (χ2n) is 3.27. The van der Waals surface area contributed by atoms with Crippen molar-refractivity contribution < 1.29 is 9.26 Å². The van der Waals surface area contributed by atoms with E-state index in [1.54, 1.807) is 12.3 Å². The van der Waals surface area contributed by atoms with Gasteiger partial charge in [-0.3, -0.25) is 5.43 Å².